The topological polar surface area (TPSA) is 32.3 Å². The number of hydrogen-bond donors (Lipinski definition) is 1. The molecule has 1 aliphatic heterocycles. The van der Waals surface area contributed by atoms with E-state index in [0.717, 1.165) is 11.3 Å². The van der Waals surface area contributed by atoms with Gasteiger partial charge in [0.1, 0.15) is 5.82 Å². The number of aryl methyl sites for hydroxylation is 1. The number of nitrogens with zero attached hydrogens (tertiary/aromatic N) is 1. The number of halogens is 2. The Labute approximate surface area is 136 Å². The van der Waals surface area contributed by atoms with Crippen molar-refractivity contribution in [3.8, 4) is 0 Å². The first-order valence-electron chi connectivity index (χ1n) is 6.68. The van der Waals surface area contributed by atoms with Crippen LogP contribution in [-0.4, -0.2) is 12.5 Å². The molecule has 21 heavy (non-hydrogen) atoms. The van der Waals surface area contributed by atoms with Crippen molar-refractivity contribution < 1.29 is 9.18 Å². The van der Waals surface area contributed by atoms with Crippen LogP contribution in [0.5, 0.6) is 0 Å². The zero-order chi connectivity index (χ0) is 15.0. The average Bonchev–Trinajstić information content (AvgIpc) is 2.60. The molecule has 1 N–H and O–H groups in total. The molecule has 0 spiro atoms. The van der Waals surface area contributed by atoms with Crippen LogP contribution in [0.2, 0.25) is 0 Å². The molecule has 0 unspecified atom stereocenters. The number of hydrogen-bond acceptors (Lipinski definition) is 2. The van der Waals surface area contributed by atoms with Gasteiger partial charge < -0.3 is 10.2 Å². The van der Waals surface area contributed by atoms with E-state index in [1.165, 1.54) is 6.07 Å². The van der Waals surface area contributed by atoms with Gasteiger partial charge in [-0.1, -0.05) is 17.7 Å². The van der Waals surface area contributed by atoms with Gasteiger partial charge in [0.2, 0.25) is 5.91 Å². The predicted octanol–water partition coefficient (Wildman–Crippen LogP) is 4.22. The van der Waals surface area contributed by atoms with Crippen LogP contribution in [0.4, 0.5) is 21.5 Å². The molecule has 1 amide bonds. The fourth-order valence-corrected chi connectivity index (χ4v) is 2.87. The number of carbonyl (C=O) groups excluding carboxylic acids is 1. The Morgan fingerprint density at radius 3 is 2.67 bits per heavy atom. The highest BCUT2D eigenvalue weighted by atomic mass is 127. The Bertz CT molecular complexity index is 700. The molecule has 2 aromatic carbocycles. The van der Waals surface area contributed by atoms with Gasteiger partial charge in [-0.15, -0.1) is 0 Å². The van der Waals surface area contributed by atoms with Crippen LogP contribution in [0.25, 0.3) is 0 Å². The monoisotopic (exact) mass is 396 g/mol. The van der Waals surface area contributed by atoms with Crippen LogP contribution in [0.1, 0.15) is 12.0 Å². The summed E-state index contributed by atoms with van der Waals surface area (Å²) in [5.74, 6) is -0.323. The van der Waals surface area contributed by atoms with Gasteiger partial charge in [0, 0.05) is 24.7 Å². The SMILES string of the molecule is Cc1ccc(N2CCC(=O)Nc3cc(I)c(F)cc32)cc1. The largest absolute Gasteiger partial charge is 0.339 e. The van der Waals surface area contributed by atoms with E-state index >= 15 is 0 Å². The summed E-state index contributed by atoms with van der Waals surface area (Å²) in [5, 5.41) is 2.85. The van der Waals surface area contributed by atoms with E-state index in [1.54, 1.807) is 6.07 Å². The van der Waals surface area contributed by atoms with Gasteiger partial charge in [0.05, 0.1) is 14.9 Å². The van der Waals surface area contributed by atoms with Crippen LogP contribution in [-0.2, 0) is 4.79 Å². The maximum absolute atomic E-state index is 13.9. The van der Waals surface area contributed by atoms with E-state index in [1.807, 2.05) is 58.7 Å². The van der Waals surface area contributed by atoms with Crippen molar-refractivity contribution in [2.45, 2.75) is 13.3 Å². The van der Waals surface area contributed by atoms with Crippen molar-refractivity contribution in [2.24, 2.45) is 0 Å². The standard InChI is InChI=1S/C16H14FIN2O/c1-10-2-4-11(5-3-10)20-7-6-16(21)19-14-9-13(18)12(17)8-15(14)20/h2-5,8-9H,6-7H2,1H3,(H,19,21). The van der Waals surface area contributed by atoms with E-state index in [-0.39, 0.29) is 11.7 Å². The molecule has 1 aliphatic rings. The number of carbonyl (C=O) groups is 1. The summed E-state index contributed by atoms with van der Waals surface area (Å²) < 4.78 is 14.4. The van der Waals surface area contributed by atoms with Crippen molar-refractivity contribution in [3.05, 3.63) is 51.3 Å². The average molecular weight is 396 g/mol. The molecule has 0 radical (unpaired) electrons. The van der Waals surface area contributed by atoms with E-state index in [0.29, 0.717) is 27.9 Å². The Morgan fingerprint density at radius 2 is 1.95 bits per heavy atom. The van der Waals surface area contributed by atoms with Gasteiger partial charge in [0.15, 0.2) is 0 Å². The minimum atomic E-state index is -0.275. The fraction of sp³-hybridized carbons (Fsp3) is 0.188. The number of rotatable bonds is 1. The lowest BCUT2D eigenvalue weighted by Crippen LogP contribution is -2.19. The van der Waals surface area contributed by atoms with Crippen LogP contribution >= 0.6 is 22.6 Å². The molecule has 0 aliphatic carbocycles. The number of benzene rings is 2. The van der Waals surface area contributed by atoms with Crippen LogP contribution < -0.4 is 10.2 Å². The first kappa shape index (κ1) is 14.3. The molecule has 0 saturated carbocycles. The van der Waals surface area contributed by atoms with Gasteiger partial charge in [-0.05, 0) is 47.7 Å². The quantitative estimate of drug-likeness (QED) is 0.733. The molecule has 1 heterocycles. The van der Waals surface area contributed by atoms with E-state index in [4.69, 9.17) is 0 Å². The van der Waals surface area contributed by atoms with Crippen molar-refractivity contribution in [2.75, 3.05) is 16.8 Å². The Kier molecular flexibility index (Phi) is 3.84. The normalized spacial score (nSPS) is 14.4. The van der Waals surface area contributed by atoms with Gasteiger partial charge in [-0.25, -0.2) is 4.39 Å². The molecular weight excluding hydrogens is 382 g/mol. The summed E-state index contributed by atoms with van der Waals surface area (Å²) in [5.41, 5.74) is 3.47. The predicted molar refractivity (Wildman–Crippen MR) is 90.5 cm³/mol. The molecule has 3 rings (SSSR count). The third-order valence-corrected chi connectivity index (χ3v) is 4.34. The maximum Gasteiger partial charge on any atom is 0.226 e. The van der Waals surface area contributed by atoms with E-state index in [9.17, 15) is 9.18 Å². The second kappa shape index (κ2) is 5.63. The summed E-state index contributed by atoms with van der Waals surface area (Å²) in [4.78, 5) is 13.8. The summed E-state index contributed by atoms with van der Waals surface area (Å²) in [6.07, 6.45) is 0.376. The van der Waals surface area contributed by atoms with Crippen LogP contribution in [0.3, 0.4) is 0 Å². The maximum atomic E-state index is 13.9. The number of anilines is 3. The lowest BCUT2D eigenvalue weighted by atomic mass is 10.1. The molecule has 0 fully saturated rings. The molecule has 108 valence electrons. The minimum absolute atomic E-state index is 0.0479. The summed E-state index contributed by atoms with van der Waals surface area (Å²) >= 11 is 1.93. The second-order valence-electron chi connectivity index (χ2n) is 5.07. The van der Waals surface area contributed by atoms with Gasteiger partial charge in [-0.3, -0.25) is 4.79 Å². The first-order valence-corrected chi connectivity index (χ1v) is 7.75. The van der Waals surface area contributed by atoms with Crippen molar-refractivity contribution in [3.63, 3.8) is 0 Å². The molecule has 0 bridgehead atoms. The summed E-state index contributed by atoms with van der Waals surface area (Å²) in [6.45, 7) is 2.55. The molecule has 0 saturated heterocycles. The van der Waals surface area contributed by atoms with Crippen molar-refractivity contribution in [1.82, 2.24) is 0 Å². The van der Waals surface area contributed by atoms with Gasteiger partial charge in [0.25, 0.3) is 0 Å². The molecule has 3 nitrogen and oxygen atoms in total. The molecule has 5 heteroatoms. The molecule has 2 aromatic rings. The smallest absolute Gasteiger partial charge is 0.226 e. The number of fused-ring (bicyclic) bond motifs is 1. The third-order valence-electron chi connectivity index (χ3n) is 3.51. The summed E-state index contributed by atoms with van der Waals surface area (Å²) in [6, 6.07) is 11.2. The first-order chi connectivity index (χ1) is 10.0. The Morgan fingerprint density at radius 1 is 1.24 bits per heavy atom. The van der Waals surface area contributed by atoms with Crippen LogP contribution in [0, 0.1) is 16.3 Å². The minimum Gasteiger partial charge on any atom is -0.339 e. The molecular formula is C16H14FIN2O. The van der Waals surface area contributed by atoms with Gasteiger partial charge in [-0.2, -0.15) is 0 Å². The second-order valence-corrected chi connectivity index (χ2v) is 6.23. The number of amides is 1. The van der Waals surface area contributed by atoms with Crippen molar-refractivity contribution >= 4 is 45.6 Å². The van der Waals surface area contributed by atoms with E-state index in [2.05, 4.69) is 5.32 Å². The van der Waals surface area contributed by atoms with Gasteiger partial charge >= 0.3 is 0 Å². The van der Waals surface area contributed by atoms with Crippen molar-refractivity contribution in [1.29, 1.82) is 0 Å². The highest BCUT2D eigenvalue weighted by Crippen LogP contribution is 2.36. The molecule has 0 aromatic heterocycles. The Hall–Kier alpha value is -1.63. The number of nitrogens with one attached hydrogen (secondary N) is 1. The zero-order valence-electron chi connectivity index (χ0n) is 11.5. The molecule has 0 atom stereocenters. The third kappa shape index (κ3) is 2.88. The Balaban J connectivity index is 2.12. The van der Waals surface area contributed by atoms with Crippen LogP contribution in [0.15, 0.2) is 36.4 Å². The highest BCUT2D eigenvalue weighted by Gasteiger charge is 2.22. The fourth-order valence-electron chi connectivity index (χ4n) is 2.40. The summed E-state index contributed by atoms with van der Waals surface area (Å²) in [7, 11) is 0. The lowest BCUT2D eigenvalue weighted by Gasteiger charge is -2.24. The zero-order valence-corrected chi connectivity index (χ0v) is 13.6. The lowest BCUT2D eigenvalue weighted by molar-refractivity contribution is -0.115. The van der Waals surface area contributed by atoms with E-state index < -0.39 is 0 Å². The highest BCUT2D eigenvalue weighted by molar-refractivity contribution is 14.1.